The molecule has 0 aliphatic rings. The van der Waals surface area contributed by atoms with Gasteiger partial charge in [-0.15, -0.1) is 5.10 Å². The largest absolute Gasteiger partial charge is 0.394 e. The van der Waals surface area contributed by atoms with Gasteiger partial charge < -0.3 is 10.4 Å². The number of hydrogen-bond acceptors (Lipinski definition) is 5. The van der Waals surface area contributed by atoms with Crippen LogP contribution in [0.2, 0.25) is 0 Å². The van der Waals surface area contributed by atoms with E-state index in [-0.39, 0.29) is 12.5 Å². The first kappa shape index (κ1) is 14.1. The maximum Gasteiger partial charge on any atom is 0.265 e. The minimum absolute atomic E-state index is 0.0692. The molecular weight excluding hydrogens is 238 g/mol. The first-order valence-corrected chi connectivity index (χ1v) is 6.58. The summed E-state index contributed by atoms with van der Waals surface area (Å²) in [4.78, 5) is 12.6. The van der Waals surface area contributed by atoms with E-state index in [9.17, 15) is 9.90 Å². The van der Waals surface area contributed by atoms with Crippen LogP contribution in [0.5, 0.6) is 0 Å². The topological polar surface area (TPSA) is 75.1 Å². The smallest absolute Gasteiger partial charge is 0.265 e. The number of amides is 1. The number of aryl methyl sites for hydroxylation is 1. The lowest BCUT2D eigenvalue weighted by atomic mass is 9.97. The molecule has 0 unspecified atom stereocenters. The second-order valence-electron chi connectivity index (χ2n) is 4.33. The van der Waals surface area contributed by atoms with Crippen LogP contribution in [-0.4, -0.2) is 32.7 Å². The maximum atomic E-state index is 12.0. The van der Waals surface area contributed by atoms with Gasteiger partial charge in [-0.25, -0.2) is 0 Å². The van der Waals surface area contributed by atoms with Crippen LogP contribution in [0.1, 0.15) is 49.0 Å². The number of carbonyl (C=O) groups is 1. The molecule has 1 rings (SSSR count). The Morgan fingerprint density at radius 2 is 2.24 bits per heavy atom. The average molecular weight is 257 g/mol. The summed E-state index contributed by atoms with van der Waals surface area (Å²) in [5.41, 5.74) is 0.144. The van der Waals surface area contributed by atoms with Crippen molar-refractivity contribution in [2.45, 2.75) is 45.6 Å². The van der Waals surface area contributed by atoms with Gasteiger partial charge >= 0.3 is 0 Å². The van der Waals surface area contributed by atoms with E-state index in [2.05, 4.69) is 14.9 Å². The van der Waals surface area contributed by atoms with Crippen LogP contribution in [0, 0.1) is 0 Å². The first-order chi connectivity index (χ1) is 8.06. The summed E-state index contributed by atoms with van der Waals surface area (Å²) in [6.07, 6.45) is 2.32. The molecule has 0 saturated carbocycles. The van der Waals surface area contributed by atoms with E-state index in [1.165, 1.54) is 0 Å². The van der Waals surface area contributed by atoms with E-state index in [4.69, 9.17) is 0 Å². The summed E-state index contributed by atoms with van der Waals surface area (Å²) >= 11 is 1.10. The number of nitrogens with zero attached hydrogens (tertiary/aromatic N) is 2. The molecular formula is C11H19N3O2S. The Kier molecular flexibility index (Phi) is 5.02. The predicted octanol–water partition coefficient (Wildman–Crippen LogP) is 1.38. The highest BCUT2D eigenvalue weighted by Crippen LogP contribution is 2.16. The van der Waals surface area contributed by atoms with Crippen molar-refractivity contribution < 1.29 is 9.90 Å². The van der Waals surface area contributed by atoms with Crippen molar-refractivity contribution in [1.82, 2.24) is 14.9 Å². The Hall–Kier alpha value is -1.01. The Morgan fingerprint density at radius 3 is 2.76 bits per heavy atom. The van der Waals surface area contributed by atoms with E-state index >= 15 is 0 Å². The third kappa shape index (κ3) is 3.47. The maximum absolute atomic E-state index is 12.0. The van der Waals surface area contributed by atoms with Crippen molar-refractivity contribution in [3.05, 3.63) is 10.6 Å². The second-order valence-corrected chi connectivity index (χ2v) is 5.08. The fourth-order valence-corrected chi connectivity index (χ4v) is 2.32. The number of aliphatic hydroxyl groups excluding tert-OH is 1. The minimum Gasteiger partial charge on any atom is -0.394 e. The van der Waals surface area contributed by atoms with Crippen molar-refractivity contribution >= 4 is 17.4 Å². The number of hydrogen-bond donors (Lipinski definition) is 2. The van der Waals surface area contributed by atoms with Crippen LogP contribution in [0.4, 0.5) is 0 Å². The van der Waals surface area contributed by atoms with Crippen LogP contribution in [-0.2, 0) is 6.42 Å². The van der Waals surface area contributed by atoms with Crippen LogP contribution in [0.25, 0.3) is 0 Å². The molecule has 2 N–H and O–H groups in total. The molecule has 1 amide bonds. The molecule has 5 nitrogen and oxygen atoms in total. The summed E-state index contributed by atoms with van der Waals surface area (Å²) in [7, 11) is 0. The molecule has 0 bridgehead atoms. The first-order valence-electron chi connectivity index (χ1n) is 5.81. The molecule has 1 aromatic heterocycles. The zero-order valence-electron chi connectivity index (χ0n) is 10.5. The Labute approximate surface area is 105 Å². The predicted molar refractivity (Wildman–Crippen MR) is 67.2 cm³/mol. The number of carbonyl (C=O) groups excluding carboxylic acids is 1. The van der Waals surface area contributed by atoms with Gasteiger partial charge in [0, 0.05) is 0 Å². The van der Waals surface area contributed by atoms with Crippen molar-refractivity contribution in [2.75, 3.05) is 6.61 Å². The minimum atomic E-state index is -0.569. The molecule has 0 fully saturated rings. The molecule has 17 heavy (non-hydrogen) atoms. The third-order valence-corrected chi connectivity index (χ3v) is 3.43. The quantitative estimate of drug-likeness (QED) is 0.807. The summed E-state index contributed by atoms with van der Waals surface area (Å²) in [5.74, 6) is -0.193. The van der Waals surface area contributed by atoms with Crippen LogP contribution >= 0.6 is 11.5 Å². The van der Waals surface area contributed by atoms with Gasteiger partial charge in [0.05, 0.1) is 17.8 Å². The van der Waals surface area contributed by atoms with Gasteiger partial charge in [-0.2, -0.15) is 0 Å². The Morgan fingerprint density at radius 1 is 1.53 bits per heavy atom. The van der Waals surface area contributed by atoms with Crippen molar-refractivity contribution in [3.8, 4) is 0 Å². The molecule has 0 aromatic carbocycles. The lowest BCUT2D eigenvalue weighted by Gasteiger charge is -2.28. The monoisotopic (exact) mass is 257 g/mol. The van der Waals surface area contributed by atoms with Crippen LogP contribution in [0.15, 0.2) is 0 Å². The molecule has 0 aliphatic carbocycles. The van der Waals surface area contributed by atoms with Gasteiger partial charge in [-0.1, -0.05) is 24.8 Å². The summed E-state index contributed by atoms with van der Waals surface area (Å²) in [6.45, 7) is 5.73. The highest BCUT2D eigenvalue weighted by molar-refractivity contribution is 7.08. The average Bonchev–Trinajstić information content (AvgIpc) is 2.77. The van der Waals surface area contributed by atoms with Gasteiger partial charge in [0.25, 0.3) is 5.91 Å². The summed E-state index contributed by atoms with van der Waals surface area (Å²) in [6, 6.07) is 0. The van der Waals surface area contributed by atoms with Gasteiger partial charge in [0.1, 0.15) is 4.88 Å². The molecule has 1 heterocycles. The van der Waals surface area contributed by atoms with Crippen molar-refractivity contribution in [2.24, 2.45) is 0 Å². The number of aliphatic hydroxyl groups is 1. The summed E-state index contributed by atoms with van der Waals surface area (Å²) < 4.78 is 3.78. The highest BCUT2D eigenvalue weighted by Gasteiger charge is 2.27. The molecule has 0 radical (unpaired) electrons. The fraction of sp³-hybridized carbons (Fsp3) is 0.727. The Bertz CT molecular complexity index is 381. The van der Waals surface area contributed by atoms with E-state index in [1.54, 1.807) is 0 Å². The van der Waals surface area contributed by atoms with Gasteiger partial charge in [0.2, 0.25) is 0 Å². The fourth-order valence-electron chi connectivity index (χ4n) is 1.68. The van der Waals surface area contributed by atoms with Crippen molar-refractivity contribution in [1.29, 1.82) is 0 Å². The zero-order valence-corrected chi connectivity index (χ0v) is 11.3. The highest BCUT2D eigenvalue weighted by atomic mass is 32.1. The molecule has 6 heteroatoms. The molecule has 0 spiro atoms. The normalized spacial score (nSPS) is 14.4. The Balaban J connectivity index is 2.77. The zero-order chi connectivity index (χ0) is 12.9. The number of rotatable bonds is 6. The molecule has 0 saturated heterocycles. The second kappa shape index (κ2) is 6.07. The standard InChI is InChI=1S/C11H19N3O2S/c1-4-6-11(3,7-15)12-10(16)9-8(5-2)13-14-17-9/h15H,4-7H2,1-3H3,(H,12,16)/t11-/m1/s1. The SMILES string of the molecule is CCC[C@](C)(CO)NC(=O)c1snnc1CC. The lowest BCUT2D eigenvalue weighted by Crippen LogP contribution is -2.48. The van der Waals surface area contributed by atoms with Crippen LogP contribution in [0.3, 0.4) is 0 Å². The third-order valence-electron chi connectivity index (χ3n) is 2.66. The van der Waals surface area contributed by atoms with Gasteiger partial charge in [0.15, 0.2) is 0 Å². The molecule has 1 aromatic rings. The van der Waals surface area contributed by atoms with E-state index in [1.807, 2.05) is 20.8 Å². The molecule has 0 aliphatic heterocycles. The van der Waals surface area contributed by atoms with E-state index in [0.717, 1.165) is 24.4 Å². The van der Waals surface area contributed by atoms with Gasteiger partial charge in [-0.3, -0.25) is 4.79 Å². The van der Waals surface area contributed by atoms with Crippen LogP contribution < -0.4 is 5.32 Å². The summed E-state index contributed by atoms with van der Waals surface area (Å²) in [5, 5.41) is 16.1. The van der Waals surface area contributed by atoms with E-state index in [0.29, 0.717) is 17.0 Å². The molecule has 1 atom stereocenters. The van der Waals surface area contributed by atoms with Gasteiger partial charge in [-0.05, 0) is 31.3 Å². The molecule has 96 valence electrons. The van der Waals surface area contributed by atoms with Crippen molar-refractivity contribution in [3.63, 3.8) is 0 Å². The lowest BCUT2D eigenvalue weighted by molar-refractivity contribution is 0.0844. The number of nitrogens with one attached hydrogen (secondary N) is 1. The van der Waals surface area contributed by atoms with E-state index < -0.39 is 5.54 Å². The number of aromatic nitrogens is 2.